The van der Waals surface area contributed by atoms with Crippen LogP contribution in [0, 0.1) is 15.5 Å². The largest absolute Gasteiger partial charge is 0.461 e. The fraction of sp³-hybridized carbons (Fsp3) is 0.357. The molecule has 0 aromatic rings. The van der Waals surface area contributed by atoms with Crippen LogP contribution in [0.2, 0.25) is 0 Å². The molecule has 0 spiro atoms. The zero-order valence-corrected chi connectivity index (χ0v) is 11.6. The number of hydrogen-bond acceptors (Lipinski definition) is 4. The Labute approximate surface area is 116 Å². The molecule has 6 nitrogen and oxygen atoms in total. The molecule has 0 fully saturated rings. The number of amides is 1. The van der Waals surface area contributed by atoms with Crippen LogP contribution in [0.4, 0.5) is 0 Å². The molecule has 0 aromatic carbocycles. The van der Waals surface area contributed by atoms with Crippen molar-refractivity contribution >= 4 is 5.91 Å². The highest BCUT2D eigenvalue weighted by Gasteiger charge is 2.37. The van der Waals surface area contributed by atoms with E-state index in [9.17, 15) is 14.9 Å². The number of nitro groups is 1. The molecule has 0 unspecified atom stereocenters. The molecule has 0 radical (unpaired) electrons. The molecule has 106 valence electrons. The minimum Gasteiger partial charge on any atom is -0.461 e. The third-order valence-electron chi connectivity index (χ3n) is 3.32. The van der Waals surface area contributed by atoms with Crippen LogP contribution in [-0.4, -0.2) is 15.7 Å². The van der Waals surface area contributed by atoms with E-state index in [1.165, 1.54) is 36.6 Å². The standard InChI is InChI=1S/C14H16N2O4/c1-10(17)15-7-8-20-12(9-15)13-11(16(18)19)5-4-6-14(13,2)3/h4-5,7-9H,6H2,1-3H3. The average Bonchev–Trinajstić information content (AvgIpc) is 2.37. The molecular formula is C14H16N2O4. The second-order valence-corrected chi connectivity index (χ2v) is 5.33. The first kappa shape index (κ1) is 14.0. The summed E-state index contributed by atoms with van der Waals surface area (Å²) >= 11 is 0. The van der Waals surface area contributed by atoms with Gasteiger partial charge in [-0.2, -0.15) is 0 Å². The molecular weight excluding hydrogens is 260 g/mol. The molecule has 1 amide bonds. The minimum atomic E-state index is -0.434. The fourth-order valence-corrected chi connectivity index (χ4v) is 2.30. The van der Waals surface area contributed by atoms with Gasteiger partial charge in [-0.1, -0.05) is 19.9 Å². The van der Waals surface area contributed by atoms with Crippen LogP contribution >= 0.6 is 0 Å². The van der Waals surface area contributed by atoms with Crippen LogP contribution in [0.5, 0.6) is 0 Å². The van der Waals surface area contributed by atoms with Crippen molar-refractivity contribution in [2.75, 3.05) is 0 Å². The highest BCUT2D eigenvalue weighted by Crippen LogP contribution is 2.42. The topological polar surface area (TPSA) is 72.7 Å². The number of carbonyl (C=O) groups is 1. The van der Waals surface area contributed by atoms with Crippen LogP contribution in [0.1, 0.15) is 27.2 Å². The van der Waals surface area contributed by atoms with Gasteiger partial charge in [0.2, 0.25) is 5.91 Å². The van der Waals surface area contributed by atoms with E-state index in [-0.39, 0.29) is 11.6 Å². The number of ether oxygens (including phenoxy) is 1. The van der Waals surface area contributed by atoms with Crippen molar-refractivity contribution in [2.24, 2.45) is 5.41 Å². The zero-order chi connectivity index (χ0) is 14.9. The van der Waals surface area contributed by atoms with Crippen LogP contribution in [0.25, 0.3) is 0 Å². The van der Waals surface area contributed by atoms with Crippen molar-refractivity contribution in [2.45, 2.75) is 27.2 Å². The van der Waals surface area contributed by atoms with Crippen LogP contribution in [-0.2, 0) is 9.53 Å². The molecule has 2 aliphatic rings. The number of rotatable bonds is 2. The monoisotopic (exact) mass is 276 g/mol. The van der Waals surface area contributed by atoms with Crippen molar-refractivity contribution < 1.29 is 14.5 Å². The molecule has 0 bridgehead atoms. The summed E-state index contributed by atoms with van der Waals surface area (Å²) in [5, 5.41) is 11.2. The van der Waals surface area contributed by atoms with Crippen molar-refractivity contribution in [1.82, 2.24) is 4.90 Å². The second kappa shape index (κ2) is 4.96. The van der Waals surface area contributed by atoms with E-state index in [0.29, 0.717) is 17.8 Å². The van der Waals surface area contributed by atoms with E-state index >= 15 is 0 Å². The Bertz CT molecular complexity index is 582. The van der Waals surface area contributed by atoms with Gasteiger partial charge in [-0.15, -0.1) is 0 Å². The van der Waals surface area contributed by atoms with Gasteiger partial charge in [0.05, 0.1) is 16.7 Å². The van der Waals surface area contributed by atoms with Crippen molar-refractivity contribution in [3.05, 3.63) is 58.0 Å². The SMILES string of the molecule is CC(=O)N1C=COC(C2=C([N+](=O)[O-])C=CCC2(C)C)=C1. The number of hydrogen-bond donors (Lipinski definition) is 0. The van der Waals surface area contributed by atoms with Gasteiger partial charge < -0.3 is 4.74 Å². The van der Waals surface area contributed by atoms with E-state index in [1.54, 1.807) is 6.08 Å². The first-order chi connectivity index (χ1) is 9.33. The normalized spacial score (nSPS) is 20.6. The predicted octanol–water partition coefficient (Wildman–Crippen LogP) is 2.69. The number of allylic oxidation sites excluding steroid dienone is 3. The van der Waals surface area contributed by atoms with Gasteiger partial charge in [-0.25, -0.2) is 0 Å². The lowest BCUT2D eigenvalue weighted by atomic mass is 9.76. The summed E-state index contributed by atoms with van der Waals surface area (Å²) in [5.41, 5.74) is 0.0725. The van der Waals surface area contributed by atoms with Gasteiger partial charge in [-0.05, 0) is 6.42 Å². The lowest BCUT2D eigenvalue weighted by molar-refractivity contribution is -0.421. The van der Waals surface area contributed by atoms with E-state index in [2.05, 4.69) is 0 Å². The Hall–Kier alpha value is -2.37. The Morgan fingerprint density at radius 2 is 2.20 bits per heavy atom. The second-order valence-electron chi connectivity index (χ2n) is 5.33. The van der Waals surface area contributed by atoms with E-state index in [0.717, 1.165) is 0 Å². The van der Waals surface area contributed by atoms with Gasteiger partial charge in [-0.3, -0.25) is 19.8 Å². The van der Waals surface area contributed by atoms with Gasteiger partial charge >= 0.3 is 0 Å². The summed E-state index contributed by atoms with van der Waals surface area (Å²) < 4.78 is 5.40. The smallest absolute Gasteiger partial charge is 0.276 e. The minimum absolute atomic E-state index is 0.00584. The average molecular weight is 276 g/mol. The molecule has 0 saturated heterocycles. The molecule has 2 rings (SSSR count). The Morgan fingerprint density at radius 3 is 2.80 bits per heavy atom. The van der Waals surface area contributed by atoms with Crippen LogP contribution < -0.4 is 0 Å². The van der Waals surface area contributed by atoms with E-state index in [4.69, 9.17) is 4.74 Å². The lowest BCUT2D eigenvalue weighted by Crippen LogP contribution is -2.26. The Morgan fingerprint density at radius 1 is 1.50 bits per heavy atom. The molecule has 0 atom stereocenters. The first-order valence-corrected chi connectivity index (χ1v) is 6.23. The van der Waals surface area contributed by atoms with E-state index in [1.807, 2.05) is 13.8 Å². The van der Waals surface area contributed by atoms with Crippen molar-refractivity contribution in [3.63, 3.8) is 0 Å². The molecule has 0 saturated carbocycles. The Balaban J connectivity index is 2.54. The summed E-state index contributed by atoms with van der Waals surface area (Å²) in [5.74, 6) is 0.151. The van der Waals surface area contributed by atoms with Crippen molar-refractivity contribution in [3.8, 4) is 0 Å². The quantitative estimate of drug-likeness (QED) is 0.574. The molecule has 1 aliphatic carbocycles. The highest BCUT2D eigenvalue weighted by atomic mass is 16.6. The molecule has 0 N–H and O–H groups in total. The summed E-state index contributed by atoms with van der Waals surface area (Å²) in [4.78, 5) is 23.6. The molecule has 1 heterocycles. The molecule has 0 aromatic heterocycles. The lowest BCUT2D eigenvalue weighted by Gasteiger charge is -2.31. The fourth-order valence-electron chi connectivity index (χ4n) is 2.30. The van der Waals surface area contributed by atoms with Gasteiger partial charge in [0.15, 0.2) is 5.76 Å². The van der Waals surface area contributed by atoms with Gasteiger partial charge in [0.1, 0.15) is 6.26 Å². The molecule has 1 aliphatic heterocycles. The summed E-state index contributed by atoms with van der Waals surface area (Å²) in [6, 6.07) is 0. The van der Waals surface area contributed by atoms with E-state index < -0.39 is 10.3 Å². The third-order valence-corrected chi connectivity index (χ3v) is 3.32. The maximum absolute atomic E-state index is 11.4. The predicted molar refractivity (Wildman–Crippen MR) is 72.4 cm³/mol. The highest BCUT2D eigenvalue weighted by molar-refractivity contribution is 5.76. The maximum Gasteiger partial charge on any atom is 0.276 e. The Kier molecular flexibility index (Phi) is 3.48. The summed E-state index contributed by atoms with van der Waals surface area (Å²) in [7, 11) is 0. The summed E-state index contributed by atoms with van der Waals surface area (Å²) in [6.45, 7) is 5.24. The maximum atomic E-state index is 11.4. The van der Waals surface area contributed by atoms with Crippen LogP contribution in [0.15, 0.2) is 47.8 Å². The molecule has 6 heteroatoms. The van der Waals surface area contributed by atoms with Gasteiger partial charge in [0, 0.05) is 24.6 Å². The van der Waals surface area contributed by atoms with Gasteiger partial charge in [0.25, 0.3) is 5.70 Å². The van der Waals surface area contributed by atoms with Crippen LogP contribution in [0.3, 0.4) is 0 Å². The summed E-state index contributed by atoms with van der Waals surface area (Å²) in [6.07, 6.45) is 8.26. The first-order valence-electron chi connectivity index (χ1n) is 6.23. The zero-order valence-electron chi connectivity index (χ0n) is 11.6. The third kappa shape index (κ3) is 2.49. The number of nitrogens with zero attached hydrogens (tertiary/aromatic N) is 2. The number of carbonyl (C=O) groups excluding carboxylic acids is 1. The van der Waals surface area contributed by atoms with Crippen molar-refractivity contribution in [1.29, 1.82) is 0 Å². The molecule has 20 heavy (non-hydrogen) atoms.